The molecule has 1 unspecified atom stereocenters. The molecule has 8 bridgehead atoms. The third kappa shape index (κ3) is 4.27. The van der Waals surface area contributed by atoms with Crippen LogP contribution >= 0.6 is 0 Å². The molecule has 0 aromatic carbocycles. The fourth-order valence-corrected chi connectivity index (χ4v) is 7.40. The molecule has 3 aromatic heterocycles. The number of hydrogen-bond acceptors (Lipinski definition) is 5. The molecule has 7 N–H and O–H groups in total. The monoisotopic (exact) mass is 596 g/mol. The quantitative estimate of drug-likeness (QED) is 0.213. The number of aromatic amines is 3. The van der Waals surface area contributed by atoms with Crippen LogP contribution in [-0.4, -0.2) is 54.0 Å². The number of carbonyl (C=O) groups is 3. The number of nitrogens with one attached hydrogen (secondary N) is 4. The van der Waals surface area contributed by atoms with Crippen molar-refractivity contribution < 1.29 is 29.7 Å². The number of hydrogen-bond donors (Lipinski definition) is 7. The number of rotatable bonds is 6. The fraction of sp³-hybridized carbons (Fsp3) is 0.324. The van der Waals surface area contributed by atoms with Gasteiger partial charge in [-0.25, -0.2) is 0 Å². The van der Waals surface area contributed by atoms with E-state index in [4.69, 9.17) is 0 Å². The third-order valence-electron chi connectivity index (χ3n) is 9.69. The van der Waals surface area contributed by atoms with Gasteiger partial charge < -0.3 is 35.6 Å². The lowest BCUT2D eigenvalue weighted by atomic mass is 9.80. The molecule has 0 saturated carbocycles. The van der Waals surface area contributed by atoms with Crippen molar-refractivity contribution in [2.75, 3.05) is 0 Å². The maximum absolute atomic E-state index is 13.8. The van der Waals surface area contributed by atoms with Crippen molar-refractivity contribution in [2.24, 2.45) is 17.8 Å². The second-order valence-corrected chi connectivity index (χ2v) is 11.9. The van der Waals surface area contributed by atoms with Gasteiger partial charge in [0.2, 0.25) is 0 Å². The number of carbonyl (C=O) groups excluding carboxylic acids is 1. The Labute approximate surface area is 252 Å². The number of carboxylic acids is 2. The molecule has 2 aliphatic heterocycles. The summed E-state index contributed by atoms with van der Waals surface area (Å²) in [7, 11) is 0. The normalized spacial score (nSPS) is 25.1. The van der Waals surface area contributed by atoms with Crippen molar-refractivity contribution in [3.63, 3.8) is 0 Å². The Morgan fingerprint density at radius 2 is 1.73 bits per heavy atom. The average molecular weight is 597 g/mol. The highest BCUT2D eigenvalue weighted by atomic mass is 16.4. The Hall–Kier alpha value is -4.99. The van der Waals surface area contributed by atoms with Crippen molar-refractivity contribution in [3.8, 4) is 0 Å². The molecule has 3 aliphatic rings. The van der Waals surface area contributed by atoms with E-state index in [1.165, 1.54) is 0 Å². The van der Waals surface area contributed by atoms with Crippen LogP contribution in [0.5, 0.6) is 0 Å². The summed E-state index contributed by atoms with van der Waals surface area (Å²) < 4.78 is 0. The minimum absolute atomic E-state index is 0.0880. The average Bonchev–Trinajstić information content (AvgIpc) is 3.72. The number of aliphatic carboxylic acids is 2. The molecule has 228 valence electrons. The molecule has 44 heavy (non-hydrogen) atoms. The molecular formula is C34H36N4O6. The summed E-state index contributed by atoms with van der Waals surface area (Å²) >= 11 is 0. The van der Waals surface area contributed by atoms with E-state index in [0.29, 0.717) is 50.8 Å². The number of carboxylic acid groups (broad SMARTS) is 2. The number of aliphatic hydroxyl groups is 1. The molecule has 1 fully saturated rings. The zero-order valence-corrected chi connectivity index (χ0v) is 25.1. The number of H-pyrrole nitrogens is 3. The Morgan fingerprint density at radius 3 is 2.36 bits per heavy atom. The standard InChI is InChI=1S/C34H36N4O6/c1-6-17-14(3)21-10-22-15(4)19(8-9-27(40)41)31(37-22)29-30(34(43)44)33(42)28-16(5)23(38-32(28)29)11-25-18(7-2)20(13-39)26(36-25)12-24(17)35-21/h6,10-13,15,19,30-31,35-39H,1,7-9H2,2-5H3,(H,40,41)(H,43,44)/b20-13-,22-10-,23-11-,26-12-/t15-,19-,30+,31?/m0/s1. The highest BCUT2D eigenvalue weighted by Crippen LogP contribution is 2.42. The van der Waals surface area contributed by atoms with Crippen LogP contribution in [0.3, 0.4) is 0 Å². The second-order valence-electron chi connectivity index (χ2n) is 11.9. The smallest absolute Gasteiger partial charge is 0.318 e. The van der Waals surface area contributed by atoms with Crippen molar-refractivity contribution in [2.45, 2.75) is 53.0 Å². The van der Waals surface area contributed by atoms with E-state index in [1.807, 2.05) is 39.0 Å². The van der Waals surface area contributed by atoms with Gasteiger partial charge in [-0.05, 0) is 73.1 Å². The van der Waals surface area contributed by atoms with Gasteiger partial charge in [0.15, 0.2) is 5.78 Å². The first-order valence-corrected chi connectivity index (χ1v) is 14.8. The summed E-state index contributed by atoms with van der Waals surface area (Å²) in [5.41, 5.74) is 7.30. The number of ketones is 1. The first-order chi connectivity index (χ1) is 21.0. The van der Waals surface area contributed by atoms with Gasteiger partial charge in [0, 0.05) is 56.8 Å². The van der Waals surface area contributed by atoms with Crippen LogP contribution in [0.2, 0.25) is 0 Å². The van der Waals surface area contributed by atoms with Crippen molar-refractivity contribution in [1.82, 2.24) is 20.3 Å². The summed E-state index contributed by atoms with van der Waals surface area (Å²) in [5, 5.41) is 36.2. The number of fused-ring (bicyclic) bond motifs is 8. The van der Waals surface area contributed by atoms with Crippen LogP contribution < -0.4 is 26.6 Å². The van der Waals surface area contributed by atoms with E-state index in [9.17, 15) is 29.7 Å². The molecule has 0 spiro atoms. The fourth-order valence-electron chi connectivity index (χ4n) is 7.40. The molecule has 0 amide bonds. The zero-order chi connectivity index (χ0) is 31.6. The highest BCUT2D eigenvalue weighted by molar-refractivity contribution is 6.19. The third-order valence-corrected chi connectivity index (χ3v) is 9.69. The number of allylic oxidation sites excluding steroid dienone is 1. The van der Waals surface area contributed by atoms with E-state index in [-0.39, 0.29) is 18.3 Å². The van der Waals surface area contributed by atoms with E-state index in [1.54, 1.807) is 13.0 Å². The van der Waals surface area contributed by atoms with E-state index in [2.05, 4.69) is 26.8 Å². The van der Waals surface area contributed by atoms with Crippen LogP contribution in [0, 0.1) is 31.6 Å². The van der Waals surface area contributed by atoms with Crippen molar-refractivity contribution >= 4 is 53.9 Å². The molecule has 1 saturated heterocycles. The Balaban J connectivity index is 1.75. The highest BCUT2D eigenvalue weighted by Gasteiger charge is 2.49. The van der Waals surface area contributed by atoms with Gasteiger partial charge in [-0.3, -0.25) is 14.4 Å². The molecule has 10 nitrogen and oxygen atoms in total. The van der Waals surface area contributed by atoms with Gasteiger partial charge in [-0.1, -0.05) is 26.5 Å². The largest absolute Gasteiger partial charge is 0.515 e. The van der Waals surface area contributed by atoms with E-state index >= 15 is 0 Å². The van der Waals surface area contributed by atoms with Crippen LogP contribution in [-0.2, 0) is 16.0 Å². The van der Waals surface area contributed by atoms with Gasteiger partial charge in [-0.15, -0.1) is 0 Å². The van der Waals surface area contributed by atoms with Crippen molar-refractivity contribution in [1.29, 1.82) is 0 Å². The zero-order valence-electron chi connectivity index (χ0n) is 25.1. The lowest BCUT2D eigenvalue weighted by Crippen LogP contribution is -2.37. The summed E-state index contributed by atoms with van der Waals surface area (Å²) in [6.45, 7) is 11.8. The SMILES string of the molecule is C=Cc1c2[nH]c(c1C)/C=C1\NC(C3=c4[nH]/c(c(C)c4C(=O)[C@@H]3C(=O)O)=C\c3[nH]c(/c(=C\O)c3CC)=C\2)[C@@H](CCC(=O)O)[C@@H]1C. The van der Waals surface area contributed by atoms with Gasteiger partial charge in [-0.2, -0.15) is 0 Å². The summed E-state index contributed by atoms with van der Waals surface area (Å²) in [5.74, 6) is -4.48. The van der Waals surface area contributed by atoms with Gasteiger partial charge >= 0.3 is 11.9 Å². The number of aromatic nitrogens is 3. The van der Waals surface area contributed by atoms with Crippen LogP contribution in [0.25, 0.3) is 36.1 Å². The Kier molecular flexibility index (Phi) is 7.02. The lowest BCUT2D eigenvalue weighted by Gasteiger charge is -2.24. The van der Waals surface area contributed by atoms with Gasteiger partial charge in [0.1, 0.15) is 5.92 Å². The van der Waals surface area contributed by atoms with Gasteiger partial charge in [0.25, 0.3) is 0 Å². The molecular weight excluding hydrogens is 560 g/mol. The molecule has 10 heteroatoms. The minimum Gasteiger partial charge on any atom is -0.515 e. The van der Waals surface area contributed by atoms with E-state index < -0.39 is 29.7 Å². The molecule has 4 atom stereocenters. The first-order valence-electron chi connectivity index (χ1n) is 14.8. The predicted octanol–water partition coefficient (Wildman–Crippen LogP) is 1.94. The maximum atomic E-state index is 13.8. The van der Waals surface area contributed by atoms with Gasteiger partial charge in [0.05, 0.1) is 23.0 Å². The lowest BCUT2D eigenvalue weighted by molar-refractivity contribution is -0.139. The maximum Gasteiger partial charge on any atom is 0.318 e. The van der Waals surface area contributed by atoms with Crippen molar-refractivity contribution in [3.05, 3.63) is 78.4 Å². The topological polar surface area (TPSA) is 171 Å². The Bertz CT molecular complexity index is 2050. The molecule has 0 radical (unpaired) electrons. The summed E-state index contributed by atoms with van der Waals surface area (Å²) in [6, 6.07) is -0.584. The molecule has 1 aliphatic carbocycles. The van der Waals surface area contributed by atoms with Crippen LogP contribution in [0.1, 0.15) is 76.4 Å². The molecule has 5 heterocycles. The predicted molar refractivity (Wildman–Crippen MR) is 167 cm³/mol. The van der Waals surface area contributed by atoms with Crippen LogP contribution in [0.15, 0.2) is 12.3 Å². The van der Waals surface area contributed by atoms with E-state index in [0.717, 1.165) is 45.7 Å². The second kappa shape index (κ2) is 10.6. The summed E-state index contributed by atoms with van der Waals surface area (Å²) in [6.07, 6.45) is 9.51. The Morgan fingerprint density at radius 1 is 1.00 bits per heavy atom. The minimum atomic E-state index is -1.39. The molecule has 3 aromatic rings. The summed E-state index contributed by atoms with van der Waals surface area (Å²) in [4.78, 5) is 48.4. The number of aliphatic hydroxyl groups excluding tert-OH is 1. The molecule has 6 rings (SSSR count). The number of Topliss-reactive ketones (excluding diaryl/α,β-unsaturated/α-hetero) is 1. The first kappa shape index (κ1) is 29.1. The van der Waals surface area contributed by atoms with Crippen LogP contribution in [0.4, 0.5) is 0 Å².